The number of nitrogens with one attached hydrogen (secondary N) is 1. The van der Waals surface area contributed by atoms with Gasteiger partial charge in [-0.3, -0.25) is 4.98 Å². The molecule has 6 heteroatoms. The summed E-state index contributed by atoms with van der Waals surface area (Å²) >= 11 is 0. The first kappa shape index (κ1) is 13.6. The van der Waals surface area contributed by atoms with Crippen LogP contribution in [0.3, 0.4) is 0 Å². The minimum Gasteiger partial charge on any atom is -0.339 e. The van der Waals surface area contributed by atoms with Crippen molar-refractivity contribution in [2.75, 3.05) is 7.05 Å². The standard InChI is InChI=1S/C13H19N5O/c1-13(2,3)10(14-4)7-11-17-12(18-19-11)9-8-15-5-6-16-9/h5-6,8,10,14H,7H2,1-4H3. The molecule has 0 fully saturated rings. The molecule has 0 aromatic carbocycles. The summed E-state index contributed by atoms with van der Waals surface area (Å²) in [4.78, 5) is 12.5. The summed E-state index contributed by atoms with van der Waals surface area (Å²) in [6.45, 7) is 6.52. The number of aromatic nitrogens is 4. The fourth-order valence-corrected chi connectivity index (χ4v) is 1.87. The van der Waals surface area contributed by atoms with Crippen LogP contribution in [0.1, 0.15) is 26.7 Å². The summed E-state index contributed by atoms with van der Waals surface area (Å²) < 4.78 is 5.28. The lowest BCUT2D eigenvalue weighted by molar-refractivity contribution is 0.255. The molecule has 2 rings (SSSR count). The third kappa shape index (κ3) is 3.35. The zero-order chi connectivity index (χ0) is 13.9. The molecular weight excluding hydrogens is 242 g/mol. The summed E-state index contributed by atoms with van der Waals surface area (Å²) in [5, 5.41) is 7.22. The van der Waals surface area contributed by atoms with Gasteiger partial charge in [-0.1, -0.05) is 25.9 Å². The third-order valence-corrected chi connectivity index (χ3v) is 3.03. The first-order valence-corrected chi connectivity index (χ1v) is 6.27. The van der Waals surface area contributed by atoms with Crippen molar-refractivity contribution in [1.29, 1.82) is 0 Å². The van der Waals surface area contributed by atoms with Gasteiger partial charge in [0, 0.05) is 24.9 Å². The molecule has 1 unspecified atom stereocenters. The second-order valence-corrected chi connectivity index (χ2v) is 5.51. The molecule has 0 aliphatic carbocycles. The van der Waals surface area contributed by atoms with Gasteiger partial charge >= 0.3 is 0 Å². The van der Waals surface area contributed by atoms with Crippen LogP contribution in [0.25, 0.3) is 11.5 Å². The Hall–Kier alpha value is -1.82. The maximum absolute atomic E-state index is 5.28. The number of hydrogen-bond acceptors (Lipinski definition) is 6. The van der Waals surface area contributed by atoms with Crippen LogP contribution in [0.2, 0.25) is 0 Å². The van der Waals surface area contributed by atoms with Crippen LogP contribution in [0.5, 0.6) is 0 Å². The van der Waals surface area contributed by atoms with Gasteiger partial charge < -0.3 is 9.84 Å². The molecule has 0 radical (unpaired) electrons. The zero-order valence-electron chi connectivity index (χ0n) is 11.7. The Labute approximate surface area is 112 Å². The molecule has 102 valence electrons. The highest BCUT2D eigenvalue weighted by Crippen LogP contribution is 2.22. The van der Waals surface area contributed by atoms with E-state index in [9.17, 15) is 0 Å². The SMILES string of the molecule is CNC(Cc1nc(-c2cnccn2)no1)C(C)(C)C. The third-order valence-electron chi connectivity index (χ3n) is 3.03. The van der Waals surface area contributed by atoms with Crippen LogP contribution >= 0.6 is 0 Å². The van der Waals surface area contributed by atoms with E-state index >= 15 is 0 Å². The van der Waals surface area contributed by atoms with Crippen LogP contribution in [0.15, 0.2) is 23.1 Å². The molecule has 6 nitrogen and oxygen atoms in total. The maximum atomic E-state index is 5.28. The van der Waals surface area contributed by atoms with Crippen molar-refractivity contribution in [2.45, 2.75) is 33.2 Å². The Morgan fingerprint density at radius 2 is 2.11 bits per heavy atom. The van der Waals surface area contributed by atoms with Gasteiger partial charge in [-0.05, 0) is 12.5 Å². The van der Waals surface area contributed by atoms with Crippen molar-refractivity contribution >= 4 is 0 Å². The monoisotopic (exact) mass is 261 g/mol. The van der Waals surface area contributed by atoms with Crippen molar-refractivity contribution in [3.8, 4) is 11.5 Å². The van der Waals surface area contributed by atoms with Crippen molar-refractivity contribution in [2.24, 2.45) is 5.41 Å². The lowest BCUT2D eigenvalue weighted by atomic mass is 9.85. The van der Waals surface area contributed by atoms with Crippen molar-refractivity contribution in [3.05, 3.63) is 24.5 Å². The van der Waals surface area contributed by atoms with E-state index in [1.54, 1.807) is 18.6 Å². The Bertz CT molecular complexity index is 517. The quantitative estimate of drug-likeness (QED) is 0.902. The maximum Gasteiger partial charge on any atom is 0.228 e. The van der Waals surface area contributed by atoms with E-state index in [4.69, 9.17) is 4.52 Å². The van der Waals surface area contributed by atoms with Crippen molar-refractivity contribution < 1.29 is 4.52 Å². The van der Waals surface area contributed by atoms with Gasteiger partial charge in [-0.15, -0.1) is 0 Å². The first-order chi connectivity index (χ1) is 9.00. The van der Waals surface area contributed by atoms with Gasteiger partial charge in [0.2, 0.25) is 11.7 Å². The fraction of sp³-hybridized carbons (Fsp3) is 0.538. The van der Waals surface area contributed by atoms with Gasteiger partial charge in [0.15, 0.2) is 0 Å². The minimum absolute atomic E-state index is 0.121. The Kier molecular flexibility index (Phi) is 3.90. The Balaban J connectivity index is 2.14. The summed E-state index contributed by atoms with van der Waals surface area (Å²) in [7, 11) is 1.94. The van der Waals surface area contributed by atoms with Gasteiger partial charge in [-0.25, -0.2) is 4.98 Å². The lowest BCUT2D eigenvalue weighted by Gasteiger charge is -2.29. The van der Waals surface area contributed by atoms with E-state index in [2.05, 4.69) is 46.2 Å². The topological polar surface area (TPSA) is 76.7 Å². The molecule has 2 aromatic heterocycles. The number of nitrogens with zero attached hydrogens (tertiary/aromatic N) is 4. The van der Waals surface area contributed by atoms with E-state index in [0.29, 0.717) is 23.8 Å². The van der Waals surface area contributed by atoms with Crippen LogP contribution in [-0.4, -0.2) is 33.2 Å². The Morgan fingerprint density at radius 3 is 2.68 bits per heavy atom. The number of likely N-dealkylation sites (N-methyl/N-ethyl adjacent to an activating group) is 1. The van der Waals surface area contributed by atoms with Crippen molar-refractivity contribution in [3.63, 3.8) is 0 Å². The second-order valence-electron chi connectivity index (χ2n) is 5.51. The molecule has 19 heavy (non-hydrogen) atoms. The first-order valence-electron chi connectivity index (χ1n) is 6.27. The molecule has 0 aliphatic rings. The van der Waals surface area contributed by atoms with E-state index in [-0.39, 0.29) is 11.5 Å². The summed E-state index contributed by atoms with van der Waals surface area (Å²) in [6, 6.07) is 0.266. The molecule has 1 atom stereocenters. The zero-order valence-corrected chi connectivity index (χ0v) is 11.7. The average molecular weight is 261 g/mol. The molecule has 1 N–H and O–H groups in total. The van der Waals surface area contributed by atoms with E-state index < -0.39 is 0 Å². The van der Waals surface area contributed by atoms with E-state index in [1.165, 1.54) is 0 Å². The normalized spacial score (nSPS) is 13.5. The van der Waals surface area contributed by atoms with E-state index in [1.807, 2.05) is 7.05 Å². The molecule has 0 aliphatic heterocycles. The Morgan fingerprint density at radius 1 is 1.32 bits per heavy atom. The molecule has 0 saturated carbocycles. The van der Waals surface area contributed by atoms with Crippen LogP contribution in [-0.2, 0) is 6.42 Å². The van der Waals surface area contributed by atoms with E-state index in [0.717, 1.165) is 0 Å². The highest BCUT2D eigenvalue weighted by Gasteiger charge is 2.25. The number of hydrogen-bond donors (Lipinski definition) is 1. The predicted molar refractivity (Wildman–Crippen MR) is 71.3 cm³/mol. The number of rotatable bonds is 4. The summed E-state index contributed by atoms with van der Waals surface area (Å²) in [5.41, 5.74) is 0.741. The molecule has 0 bridgehead atoms. The highest BCUT2D eigenvalue weighted by molar-refractivity contribution is 5.45. The molecular formula is C13H19N5O. The van der Waals surface area contributed by atoms with Gasteiger partial charge in [0.05, 0.1) is 6.20 Å². The highest BCUT2D eigenvalue weighted by atomic mass is 16.5. The smallest absolute Gasteiger partial charge is 0.228 e. The minimum atomic E-state index is 0.121. The second kappa shape index (κ2) is 5.44. The predicted octanol–water partition coefficient (Wildman–Crippen LogP) is 1.70. The summed E-state index contributed by atoms with van der Waals surface area (Å²) in [6.07, 6.45) is 5.53. The van der Waals surface area contributed by atoms with Crippen LogP contribution in [0, 0.1) is 5.41 Å². The molecule has 2 heterocycles. The molecule has 0 saturated heterocycles. The lowest BCUT2D eigenvalue weighted by Crippen LogP contribution is -2.39. The fourth-order valence-electron chi connectivity index (χ4n) is 1.87. The van der Waals surface area contributed by atoms with Gasteiger partial charge in [-0.2, -0.15) is 4.98 Å². The van der Waals surface area contributed by atoms with Crippen LogP contribution in [0.4, 0.5) is 0 Å². The van der Waals surface area contributed by atoms with Crippen molar-refractivity contribution in [1.82, 2.24) is 25.4 Å². The van der Waals surface area contributed by atoms with Gasteiger partial charge in [0.1, 0.15) is 5.69 Å². The van der Waals surface area contributed by atoms with Gasteiger partial charge in [0.25, 0.3) is 0 Å². The molecule has 2 aromatic rings. The summed E-state index contributed by atoms with van der Waals surface area (Å²) in [5.74, 6) is 1.08. The molecule has 0 amide bonds. The average Bonchev–Trinajstić information content (AvgIpc) is 2.84. The van der Waals surface area contributed by atoms with Crippen LogP contribution < -0.4 is 5.32 Å². The largest absolute Gasteiger partial charge is 0.339 e. The molecule has 0 spiro atoms.